The van der Waals surface area contributed by atoms with Crippen molar-refractivity contribution in [2.75, 3.05) is 9.80 Å². The molecule has 4 heterocycles. The van der Waals surface area contributed by atoms with E-state index in [-0.39, 0.29) is 0 Å². The molecule has 17 rings (SSSR count). The minimum absolute atomic E-state index is 1.16. The third kappa shape index (κ3) is 6.44. The average molecular weight is 1090 g/mol. The number of para-hydroxylation sites is 2. The van der Waals surface area contributed by atoms with Gasteiger partial charge in [0, 0.05) is 74.5 Å². The lowest BCUT2D eigenvalue weighted by Gasteiger charge is -2.45. The Labute approximate surface area is 474 Å². The van der Waals surface area contributed by atoms with Crippen LogP contribution in [0.4, 0.5) is 34.1 Å². The summed E-state index contributed by atoms with van der Waals surface area (Å²) in [6.45, 7) is 0. The fourth-order valence-electron chi connectivity index (χ4n) is 14.2. The van der Waals surface area contributed by atoms with Crippen LogP contribution in [0.1, 0.15) is 0 Å². The fraction of sp³-hybridized carbons (Fsp3) is 0. The molecule has 0 spiro atoms. The molecule has 0 aliphatic carbocycles. The van der Waals surface area contributed by atoms with Crippen molar-refractivity contribution in [3.8, 4) is 0 Å². The fourth-order valence-corrected chi connectivity index (χ4v) is 26.7. The zero-order valence-electron chi connectivity index (χ0n) is 43.4. The van der Waals surface area contributed by atoms with Crippen molar-refractivity contribution in [1.82, 2.24) is 0 Å². The van der Waals surface area contributed by atoms with Crippen LogP contribution >= 0.6 is 22.7 Å². The molecule has 0 atom stereocenters. The molecule has 374 valence electrons. The second-order valence-corrected chi connectivity index (χ2v) is 31.1. The van der Waals surface area contributed by atoms with Crippen molar-refractivity contribution in [2.24, 2.45) is 0 Å². The topological polar surface area (TPSA) is 6.48 Å². The number of nitrogens with zero attached hydrogens (tertiary/aromatic N) is 2. The minimum Gasteiger partial charge on any atom is -0.311 e. The van der Waals surface area contributed by atoms with Gasteiger partial charge in [0.25, 0.3) is 0 Å². The molecule has 2 nitrogen and oxygen atoms in total. The lowest BCUT2D eigenvalue weighted by molar-refractivity contribution is 1.30. The first-order chi connectivity index (χ1) is 39.7. The summed E-state index contributed by atoms with van der Waals surface area (Å²) in [7, 11) is -5.77. The molecule has 0 fully saturated rings. The Bertz CT molecular complexity index is 4580. The molecule has 15 aromatic rings. The van der Waals surface area contributed by atoms with Crippen molar-refractivity contribution in [3.05, 3.63) is 291 Å². The van der Waals surface area contributed by atoms with Crippen molar-refractivity contribution in [2.45, 2.75) is 0 Å². The summed E-state index contributed by atoms with van der Waals surface area (Å²) in [6.07, 6.45) is 0. The highest BCUT2D eigenvalue weighted by Crippen LogP contribution is 2.47. The highest BCUT2D eigenvalue weighted by atomic mass is 32.1. The molecule has 80 heavy (non-hydrogen) atoms. The van der Waals surface area contributed by atoms with E-state index in [1.807, 2.05) is 22.7 Å². The summed E-state index contributed by atoms with van der Waals surface area (Å²) < 4.78 is 5.25. The van der Waals surface area contributed by atoms with Gasteiger partial charge < -0.3 is 9.80 Å². The molecule has 0 bridgehead atoms. The van der Waals surface area contributed by atoms with E-state index in [1.165, 1.54) is 126 Å². The molecule has 0 saturated carbocycles. The lowest BCUT2D eigenvalue weighted by Crippen LogP contribution is -2.77. The molecular formula is C74H48N2S2Si2. The van der Waals surface area contributed by atoms with Crippen LogP contribution in [0.15, 0.2) is 291 Å². The number of hydrogen-bond acceptors (Lipinski definition) is 4. The normalized spacial score (nSPS) is 14.2. The molecule has 2 aliphatic rings. The SMILES string of the molecule is c1ccc([Si]2(c3ccccc3)c3ccccc3N(c3ccc4c(ccc5cc(N6c7ccccc7[Si](c7ccccc7)(c7ccccc7)c7cc8c(cc76)sc6ccccc68)ccc54)c3)c3cc4sc5ccccc5c4cc32)cc1. The van der Waals surface area contributed by atoms with Crippen LogP contribution in [0.5, 0.6) is 0 Å². The zero-order chi connectivity index (χ0) is 52.5. The first-order valence-corrected chi connectivity index (χ1v) is 33.2. The molecular weight excluding hydrogens is 1040 g/mol. The summed E-state index contributed by atoms with van der Waals surface area (Å²) in [6, 6.07) is 111. The Morgan fingerprint density at radius 1 is 0.225 bits per heavy atom. The van der Waals surface area contributed by atoms with Gasteiger partial charge in [0.1, 0.15) is 0 Å². The Balaban J connectivity index is 0.857. The van der Waals surface area contributed by atoms with Crippen LogP contribution in [0.2, 0.25) is 0 Å². The Kier molecular flexibility index (Phi) is 10.1. The van der Waals surface area contributed by atoms with Crippen LogP contribution in [0.3, 0.4) is 0 Å². The van der Waals surface area contributed by atoms with E-state index in [1.54, 1.807) is 0 Å². The highest BCUT2D eigenvalue weighted by Gasteiger charge is 2.51. The summed E-state index contributed by atoms with van der Waals surface area (Å²) in [5.74, 6) is 0. The smallest absolute Gasteiger partial charge is 0.184 e. The largest absolute Gasteiger partial charge is 0.311 e. The van der Waals surface area contributed by atoms with Crippen LogP contribution in [-0.2, 0) is 0 Å². The Hall–Kier alpha value is -9.15. The first kappa shape index (κ1) is 45.8. The van der Waals surface area contributed by atoms with Gasteiger partial charge in [-0.3, -0.25) is 0 Å². The van der Waals surface area contributed by atoms with Crippen LogP contribution in [-0.4, -0.2) is 16.1 Å². The van der Waals surface area contributed by atoms with E-state index >= 15 is 0 Å². The number of thiophene rings is 2. The van der Waals surface area contributed by atoms with Gasteiger partial charge in [-0.05, 0) is 124 Å². The lowest BCUT2D eigenvalue weighted by atomic mass is 9.99. The molecule has 0 N–H and O–H groups in total. The number of hydrogen-bond donors (Lipinski definition) is 0. The van der Waals surface area contributed by atoms with Gasteiger partial charge in [0.15, 0.2) is 16.1 Å². The van der Waals surface area contributed by atoms with Gasteiger partial charge in [0.05, 0.1) is 0 Å². The number of rotatable bonds is 6. The molecule has 2 aliphatic heterocycles. The zero-order valence-corrected chi connectivity index (χ0v) is 47.1. The predicted octanol–water partition coefficient (Wildman–Crippen LogP) is 15.0. The summed E-state index contributed by atoms with van der Waals surface area (Å²) in [4.78, 5) is 5.15. The predicted molar refractivity (Wildman–Crippen MR) is 351 cm³/mol. The highest BCUT2D eigenvalue weighted by molar-refractivity contribution is 7.27. The van der Waals surface area contributed by atoms with Crippen LogP contribution in [0.25, 0.3) is 61.9 Å². The van der Waals surface area contributed by atoms with Crippen LogP contribution < -0.4 is 51.3 Å². The van der Waals surface area contributed by atoms with Crippen molar-refractivity contribution >= 4 is 176 Å². The summed E-state index contributed by atoms with van der Waals surface area (Å²) >= 11 is 3.80. The van der Waals surface area contributed by atoms with Gasteiger partial charge >= 0.3 is 0 Å². The molecule has 6 heteroatoms. The third-order valence-electron chi connectivity index (χ3n) is 17.5. The molecule has 13 aromatic carbocycles. The maximum Gasteiger partial charge on any atom is 0.184 e. The molecule has 0 saturated heterocycles. The Morgan fingerprint density at radius 3 is 0.975 bits per heavy atom. The van der Waals surface area contributed by atoms with Crippen molar-refractivity contribution in [1.29, 1.82) is 0 Å². The van der Waals surface area contributed by atoms with Gasteiger partial charge in [-0.25, -0.2) is 0 Å². The number of benzene rings is 13. The van der Waals surface area contributed by atoms with Gasteiger partial charge in [-0.2, -0.15) is 0 Å². The van der Waals surface area contributed by atoms with E-state index in [2.05, 4.69) is 301 Å². The maximum atomic E-state index is 2.58. The third-order valence-corrected chi connectivity index (χ3v) is 29.5. The van der Waals surface area contributed by atoms with E-state index in [9.17, 15) is 0 Å². The van der Waals surface area contributed by atoms with Crippen LogP contribution in [0, 0.1) is 0 Å². The van der Waals surface area contributed by atoms with Crippen molar-refractivity contribution in [3.63, 3.8) is 0 Å². The maximum absolute atomic E-state index is 2.89. The van der Waals surface area contributed by atoms with E-state index in [0.717, 1.165) is 11.4 Å². The number of fused-ring (bicyclic) bond motifs is 13. The van der Waals surface area contributed by atoms with Crippen molar-refractivity contribution < 1.29 is 0 Å². The summed E-state index contributed by atoms with van der Waals surface area (Å²) in [5.41, 5.74) is 7.31. The average Bonchev–Trinajstić information content (AvgIpc) is 4.11. The standard InChI is InChI=1S/C74H48N2S2Si2/c1-5-21-53(22-6-1)79(54-23-7-2-8-24-54)71-35-19-15-31-63(71)75(65-47-69-61(45-73(65)79)59-29-13-17-33-67(59)77-69)51-39-41-57-49(43-51)37-38-50-44-52(40-42-58(50)57)76-64-32-16-20-36-72(64)80(55-25-9-3-10-26-55,56-27-11-4-12-28-56)74-46-62-60-30-14-18-34-68(60)78-70(62)48-66(74)76/h1-48H. The molecule has 2 aromatic heterocycles. The second kappa shape index (κ2) is 17.7. The quantitative estimate of drug-likeness (QED) is 0.121. The summed E-state index contributed by atoms with van der Waals surface area (Å²) in [5, 5.41) is 21.4. The van der Waals surface area contributed by atoms with E-state index in [0.29, 0.717) is 0 Å². The molecule has 0 amide bonds. The van der Waals surface area contributed by atoms with Gasteiger partial charge in [-0.1, -0.05) is 231 Å². The second-order valence-electron chi connectivity index (χ2n) is 21.5. The Morgan fingerprint density at radius 2 is 0.575 bits per heavy atom. The number of anilines is 6. The van der Waals surface area contributed by atoms with Gasteiger partial charge in [-0.15, -0.1) is 22.7 Å². The van der Waals surface area contributed by atoms with Gasteiger partial charge in [0.2, 0.25) is 0 Å². The first-order valence-electron chi connectivity index (χ1n) is 27.6. The molecule has 0 unspecified atom stereocenters. The monoisotopic (exact) mass is 1080 g/mol. The minimum atomic E-state index is -2.89. The molecule has 0 radical (unpaired) electrons. The van der Waals surface area contributed by atoms with E-state index in [4.69, 9.17) is 0 Å². The van der Waals surface area contributed by atoms with E-state index < -0.39 is 16.1 Å².